The van der Waals surface area contributed by atoms with Crippen molar-refractivity contribution in [3.8, 4) is 0 Å². The first-order chi connectivity index (χ1) is 4.83. The van der Waals surface area contributed by atoms with E-state index in [-0.39, 0.29) is 11.0 Å². The molecule has 0 aliphatic carbocycles. The maximum Gasteiger partial charge on any atom is 0.113 e. The van der Waals surface area contributed by atoms with Crippen LogP contribution in [-0.4, -0.2) is 25.9 Å². The molecule has 1 aromatic carbocycles. The third-order valence-electron chi connectivity index (χ3n) is 1.29. The van der Waals surface area contributed by atoms with Crippen molar-refractivity contribution in [3.63, 3.8) is 0 Å². The van der Waals surface area contributed by atoms with Crippen molar-refractivity contribution < 1.29 is 15.7 Å². The van der Waals surface area contributed by atoms with Crippen molar-refractivity contribution in [2.24, 2.45) is 0 Å². The zero-order valence-electron chi connectivity index (χ0n) is 7.00. The molecule has 0 atom stereocenters. The Morgan fingerprint density at radius 1 is 1.17 bits per heavy atom. The smallest absolute Gasteiger partial charge is 0.113 e. The minimum atomic E-state index is 0. The lowest BCUT2D eigenvalue weighted by Crippen LogP contribution is -2.00. The predicted octanol–water partition coefficient (Wildman–Crippen LogP) is -1.02. The summed E-state index contributed by atoms with van der Waals surface area (Å²) in [5, 5.41) is 0. The van der Waals surface area contributed by atoms with Crippen LogP contribution in [0.3, 0.4) is 0 Å². The SMILES string of the molecule is O.O.[B]c1ccc(COC)cc1. The van der Waals surface area contributed by atoms with Gasteiger partial charge in [-0.3, -0.25) is 0 Å². The quantitative estimate of drug-likeness (QED) is 0.520. The van der Waals surface area contributed by atoms with Crippen LogP contribution >= 0.6 is 0 Å². The lowest BCUT2D eigenvalue weighted by molar-refractivity contribution is 0.185. The molecule has 0 unspecified atom stereocenters. The third kappa shape index (κ3) is 4.13. The van der Waals surface area contributed by atoms with Gasteiger partial charge in [0.05, 0.1) is 6.61 Å². The van der Waals surface area contributed by atoms with Gasteiger partial charge in [-0.25, -0.2) is 0 Å². The Kier molecular flexibility index (Phi) is 7.84. The van der Waals surface area contributed by atoms with Gasteiger partial charge in [-0.15, -0.1) is 0 Å². The zero-order valence-corrected chi connectivity index (χ0v) is 7.00. The molecule has 0 bridgehead atoms. The second-order valence-corrected chi connectivity index (χ2v) is 2.17. The topological polar surface area (TPSA) is 72.2 Å². The predicted molar refractivity (Wildman–Crippen MR) is 49.8 cm³/mol. The van der Waals surface area contributed by atoms with E-state index in [0.717, 1.165) is 11.0 Å². The number of benzene rings is 1. The van der Waals surface area contributed by atoms with Gasteiger partial charge in [-0.2, -0.15) is 0 Å². The van der Waals surface area contributed by atoms with E-state index >= 15 is 0 Å². The molecular weight excluding hydrogens is 155 g/mol. The van der Waals surface area contributed by atoms with Crippen LogP contribution in [0.15, 0.2) is 24.3 Å². The van der Waals surface area contributed by atoms with Gasteiger partial charge in [0.25, 0.3) is 0 Å². The molecule has 0 aliphatic rings. The molecule has 66 valence electrons. The summed E-state index contributed by atoms with van der Waals surface area (Å²) in [5.74, 6) is 0. The maximum absolute atomic E-state index is 5.48. The summed E-state index contributed by atoms with van der Waals surface area (Å²) >= 11 is 0. The molecule has 1 aromatic rings. The monoisotopic (exact) mass is 168 g/mol. The average molecular weight is 168 g/mol. The van der Waals surface area contributed by atoms with Crippen LogP contribution in [0.1, 0.15) is 5.56 Å². The van der Waals surface area contributed by atoms with Crippen LogP contribution in [0.4, 0.5) is 0 Å². The summed E-state index contributed by atoms with van der Waals surface area (Å²) in [6.45, 7) is 0.653. The summed E-state index contributed by atoms with van der Waals surface area (Å²) in [6.07, 6.45) is 0. The van der Waals surface area contributed by atoms with Gasteiger partial charge in [0.1, 0.15) is 7.85 Å². The molecule has 0 saturated carbocycles. The normalized spacial score (nSPS) is 8.08. The Morgan fingerprint density at radius 2 is 1.67 bits per heavy atom. The average Bonchev–Trinajstić information content (AvgIpc) is 1.95. The molecule has 4 heteroatoms. The maximum atomic E-state index is 5.48. The molecular formula is C8H13BO3. The highest BCUT2D eigenvalue weighted by Crippen LogP contribution is 1.96. The van der Waals surface area contributed by atoms with Crippen LogP contribution in [-0.2, 0) is 11.3 Å². The molecule has 0 spiro atoms. The lowest BCUT2D eigenvalue weighted by Gasteiger charge is -1.98. The Hall–Kier alpha value is -0.835. The first kappa shape index (κ1) is 13.7. The summed E-state index contributed by atoms with van der Waals surface area (Å²) in [4.78, 5) is 0. The van der Waals surface area contributed by atoms with Crippen molar-refractivity contribution >= 4 is 13.3 Å². The minimum absolute atomic E-state index is 0. The highest BCUT2D eigenvalue weighted by molar-refractivity contribution is 6.32. The van der Waals surface area contributed by atoms with Crippen molar-refractivity contribution in [2.75, 3.05) is 7.11 Å². The molecule has 1 rings (SSSR count). The Balaban J connectivity index is 0. The molecule has 0 saturated heterocycles. The van der Waals surface area contributed by atoms with Crippen LogP contribution in [0, 0.1) is 0 Å². The van der Waals surface area contributed by atoms with Gasteiger partial charge in [-0.05, 0) is 5.56 Å². The van der Waals surface area contributed by atoms with Crippen molar-refractivity contribution in [1.82, 2.24) is 0 Å². The fourth-order valence-electron chi connectivity index (χ4n) is 0.781. The van der Waals surface area contributed by atoms with Crippen LogP contribution in [0.2, 0.25) is 0 Å². The second-order valence-electron chi connectivity index (χ2n) is 2.17. The number of rotatable bonds is 2. The van der Waals surface area contributed by atoms with E-state index in [2.05, 4.69) is 0 Å². The number of methoxy groups -OCH3 is 1. The molecule has 0 heterocycles. The van der Waals surface area contributed by atoms with E-state index in [1.54, 1.807) is 7.11 Å². The van der Waals surface area contributed by atoms with E-state index in [1.807, 2.05) is 24.3 Å². The summed E-state index contributed by atoms with van der Waals surface area (Å²) in [7, 11) is 7.16. The highest BCUT2D eigenvalue weighted by atomic mass is 16.5. The first-order valence-corrected chi connectivity index (χ1v) is 3.16. The van der Waals surface area contributed by atoms with Crippen LogP contribution in [0.25, 0.3) is 0 Å². The fourth-order valence-corrected chi connectivity index (χ4v) is 0.781. The third-order valence-corrected chi connectivity index (χ3v) is 1.29. The summed E-state index contributed by atoms with van der Waals surface area (Å²) < 4.78 is 4.93. The molecule has 0 fully saturated rings. The molecule has 4 N–H and O–H groups in total. The minimum Gasteiger partial charge on any atom is -0.412 e. The van der Waals surface area contributed by atoms with Gasteiger partial charge in [0.15, 0.2) is 0 Å². The van der Waals surface area contributed by atoms with Gasteiger partial charge in [0.2, 0.25) is 0 Å². The van der Waals surface area contributed by atoms with Gasteiger partial charge < -0.3 is 15.7 Å². The Labute approximate surface area is 73.4 Å². The largest absolute Gasteiger partial charge is 0.412 e. The number of ether oxygens (including phenoxy) is 1. The van der Waals surface area contributed by atoms with Gasteiger partial charge in [-0.1, -0.05) is 29.7 Å². The highest BCUT2D eigenvalue weighted by Gasteiger charge is 1.88. The number of hydrogen-bond acceptors (Lipinski definition) is 1. The molecule has 2 radical (unpaired) electrons. The van der Waals surface area contributed by atoms with Crippen molar-refractivity contribution in [2.45, 2.75) is 6.61 Å². The second kappa shape index (κ2) is 6.85. The van der Waals surface area contributed by atoms with Crippen molar-refractivity contribution in [1.29, 1.82) is 0 Å². The summed E-state index contributed by atoms with van der Waals surface area (Å²) in [5.41, 5.74) is 1.94. The zero-order chi connectivity index (χ0) is 7.40. The molecule has 0 amide bonds. The van der Waals surface area contributed by atoms with E-state index in [9.17, 15) is 0 Å². The molecule has 0 aliphatic heterocycles. The van der Waals surface area contributed by atoms with E-state index in [4.69, 9.17) is 12.6 Å². The Morgan fingerprint density at radius 3 is 2.08 bits per heavy atom. The fraction of sp³-hybridized carbons (Fsp3) is 0.250. The van der Waals surface area contributed by atoms with Crippen LogP contribution in [0.5, 0.6) is 0 Å². The summed E-state index contributed by atoms with van der Waals surface area (Å²) in [6, 6.07) is 7.65. The van der Waals surface area contributed by atoms with E-state index in [0.29, 0.717) is 6.61 Å². The van der Waals surface area contributed by atoms with Crippen LogP contribution < -0.4 is 5.46 Å². The molecule has 12 heavy (non-hydrogen) atoms. The van der Waals surface area contributed by atoms with Gasteiger partial charge in [0, 0.05) is 7.11 Å². The standard InChI is InChI=1S/C8H9BO.2H2O/c1-10-6-7-2-4-8(9)5-3-7;;/h2-5H,6H2,1H3;2*1H2. The molecule has 3 nitrogen and oxygen atoms in total. The Bertz CT molecular complexity index is 198. The van der Waals surface area contributed by atoms with E-state index in [1.165, 1.54) is 0 Å². The van der Waals surface area contributed by atoms with Gasteiger partial charge >= 0.3 is 0 Å². The van der Waals surface area contributed by atoms with E-state index < -0.39 is 0 Å². The number of hydrogen-bond donors (Lipinski definition) is 0. The molecule has 0 aromatic heterocycles. The lowest BCUT2D eigenvalue weighted by atomic mass is 9.95. The first-order valence-electron chi connectivity index (χ1n) is 3.16. The van der Waals surface area contributed by atoms with Crippen molar-refractivity contribution in [3.05, 3.63) is 29.8 Å².